The van der Waals surface area contributed by atoms with Crippen LogP contribution in [0.1, 0.15) is 12.5 Å². The van der Waals surface area contributed by atoms with Gasteiger partial charge in [-0.05, 0) is 30.7 Å². The largest absolute Gasteiger partial charge is 0.462 e. The molecule has 7 nitrogen and oxygen atoms in total. The van der Waals surface area contributed by atoms with Crippen LogP contribution < -0.4 is 10.0 Å². The first-order valence-electron chi connectivity index (χ1n) is 8.34. The molecule has 0 bridgehead atoms. The minimum atomic E-state index is -3.77. The highest BCUT2D eigenvalue weighted by molar-refractivity contribution is 7.95. The Morgan fingerprint density at radius 2 is 1.75 bits per heavy atom. The van der Waals surface area contributed by atoms with Gasteiger partial charge in [0.05, 0.1) is 23.4 Å². The number of hydrogen-bond donors (Lipinski definition) is 2. The number of benzene rings is 2. The third-order valence-corrected chi connectivity index (χ3v) is 4.41. The number of nitriles is 1. The van der Waals surface area contributed by atoms with Gasteiger partial charge in [0.15, 0.2) is 5.57 Å². The number of carbonyl (C=O) groups is 1. The number of carbonyl (C=O) groups excluding carboxylic acids is 1. The standard InChI is InChI=1S/C20H19N3O4S/c1-2-27-20(24)17(14-21)15-22-18-10-6-7-11-19(18)23-28(25,26)13-12-16-8-4-3-5-9-16/h3-13,15,22-23H,2H2,1H3/b13-12+,17-15+. The van der Waals surface area contributed by atoms with Gasteiger partial charge in [0.2, 0.25) is 0 Å². The number of para-hydroxylation sites is 2. The van der Waals surface area contributed by atoms with E-state index in [0.29, 0.717) is 5.69 Å². The third kappa shape index (κ3) is 6.30. The van der Waals surface area contributed by atoms with Gasteiger partial charge in [-0.25, -0.2) is 13.2 Å². The SMILES string of the molecule is CCOC(=O)/C(C#N)=C/Nc1ccccc1NS(=O)(=O)/C=C/c1ccccc1. The van der Waals surface area contributed by atoms with Crippen molar-refractivity contribution in [1.82, 2.24) is 0 Å². The summed E-state index contributed by atoms with van der Waals surface area (Å²) in [7, 11) is -3.77. The Morgan fingerprint density at radius 1 is 1.11 bits per heavy atom. The van der Waals surface area contributed by atoms with Gasteiger partial charge in [-0.1, -0.05) is 42.5 Å². The number of ether oxygens (including phenoxy) is 1. The number of esters is 1. The molecule has 2 aromatic rings. The summed E-state index contributed by atoms with van der Waals surface area (Å²) in [4.78, 5) is 11.7. The Morgan fingerprint density at radius 3 is 2.39 bits per heavy atom. The van der Waals surface area contributed by atoms with Gasteiger partial charge in [-0.2, -0.15) is 5.26 Å². The topological polar surface area (TPSA) is 108 Å². The smallest absolute Gasteiger partial charge is 0.350 e. The second-order valence-corrected chi connectivity index (χ2v) is 7.01. The molecular weight excluding hydrogens is 378 g/mol. The lowest BCUT2D eigenvalue weighted by atomic mass is 10.2. The zero-order chi connectivity index (χ0) is 20.4. The number of hydrogen-bond acceptors (Lipinski definition) is 6. The molecule has 0 unspecified atom stereocenters. The van der Waals surface area contributed by atoms with Crippen LogP contribution in [0.25, 0.3) is 6.08 Å². The van der Waals surface area contributed by atoms with Gasteiger partial charge < -0.3 is 10.1 Å². The van der Waals surface area contributed by atoms with Gasteiger partial charge in [0.1, 0.15) is 6.07 Å². The highest BCUT2D eigenvalue weighted by atomic mass is 32.2. The molecule has 0 aliphatic carbocycles. The summed E-state index contributed by atoms with van der Waals surface area (Å²) in [6.07, 6.45) is 2.65. The molecule has 0 spiro atoms. The Bertz CT molecular complexity index is 1020. The van der Waals surface area contributed by atoms with Crippen molar-refractivity contribution >= 4 is 33.4 Å². The van der Waals surface area contributed by atoms with Crippen LogP contribution in [0.5, 0.6) is 0 Å². The Kier molecular flexibility index (Phi) is 7.37. The molecule has 0 amide bonds. The summed E-state index contributed by atoms with van der Waals surface area (Å²) in [5, 5.41) is 12.9. The van der Waals surface area contributed by atoms with E-state index in [1.807, 2.05) is 18.2 Å². The molecule has 0 aromatic heterocycles. The van der Waals surface area contributed by atoms with Crippen molar-refractivity contribution in [2.45, 2.75) is 6.92 Å². The first-order valence-corrected chi connectivity index (χ1v) is 9.88. The summed E-state index contributed by atoms with van der Waals surface area (Å²) in [6, 6.07) is 17.3. The number of sulfonamides is 1. The van der Waals surface area contributed by atoms with Crippen molar-refractivity contribution < 1.29 is 17.9 Å². The van der Waals surface area contributed by atoms with E-state index in [4.69, 9.17) is 10.00 Å². The maximum absolute atomic E-state index is 12.3. The van der Waals surface area contributed by atoms with Gasteiger partial charge in [-0.3, -0.25) is 4.72 Å². The minimum absolute atomic E-state index is 0.141. The summed E-state index contributed by atoms with van der Waals surface area (Å²) >= 11 is 0. The van der Waals surface area contributed by atoms with Crippen LogP contribution in [0.2, 0.25) is 0 Å². The van der Waals surface area contributed by atoms with E-state index < -0.39 is 16.0 Å². The van der Waals surface area contributed by atoms with Crippen LogP contribution >= 0.6 is 0 Å². The van der Waals surface area contributed by atoms with Crippen molar-refractivity contribution in [3.63, 3.8) is 0 Å². The fraction of sp³-hybridized carbons (Fsp3) is 0.100. The van der Waals surface area contributed by atoms with Crippen molar-refractivity contribution in [3.8, 4) is 6.07 Å². The minimum Gasteiger partial charge on any atom is -0.462 e. The van der Waals surface area contributed by atoms with Crippen molar-refractivity contribution in [3.05, 3.63) is 77.3 Å². The zero-order valence-corrected chi connectivity index (χ0v) is 15.9. The quantitative estimate of drug-likeness (QED) is 0.401. The van der Waals surface area contributed by atoms with Crippen LogP contribution in [0.3, 0.4) is 0 Å². The molecule has 2 aromatic carbocycles. The predicted octanol–water partition coefficient (Wildman–Crippen LogP) is 3.48. The van der Waals surface area contributed by atoms with E-state index in [2.05, 4.69) is 10.0 Å². The molecule has 0 saturated heterocycles. The molecule has 2 rings (SSSR count). The van der Waals surface area contributed by atoms with E-state index in [9.17, 15) is 13.2 Å². The lowest BCUT2D eigenvalue weighted by molar-refractivity contribution is -0.138. The van der Waals surface area contributed by atoms with Gasteiger partial charge in [0.25, 0.3) is 10.0 Å². The number of anilines is 2. The number of nitrogens with zero attached hydrogens (tertiary/aromatic N) is 1. The van der Waals surface area contributed by atoms with Crippen LogP contribution in [0, 0.1) is 11.3 Å². The molecule has 0 saturated carbocycles. The highest BCUT2D eigenvalue weighted by Crippen LogP contribution is 2.23. The maximum atomic E-state index is 12.3. The van der Waals surface area contributed by atoms with E-state index >= 15 is 0 Å². The molecule has 0 fully saturated rings. The van der Waals surface area contributed by atoms with Crippen LogP contribution in [0.15, 0.2) is 71.8 Å². The first kappa shape index (κ1) is 20.7. The molecule has 144 valence electrons. The normalized spacial score (nSPS) is 11.6. The van der Waals surface area contributed by atoms with Crippen LogP contribution in [-0.2, 0) is 19.6 Å². The fourth-order valence-electron chi connectivity index (χ4n) is 2.11. The lowest BCUT2D eigenvalue weighted by Gasteiger charge is -2.11. The molecule has 0 radical (unpaired) electrons. The lowest BCUT2D eigenvalue weighted by Crippen LogP contribution is -2.11. The van der Waals surface area contributed by atoms with E-state index in [1.54, 1.807) is 49.4 Å². The summed E-state index contributed by atoms with van der Waals surface area (Å²) < 4.78 is 31.9. The molecular formula is C20H19N3O4S. The average molecular weight is 397 g/mol. The average Bonchev–Trinajstić information content (AvgIpc) is 2.69. The Hall–Kier alpha value is -3.57. The van der Waals surface area contributed by atoms with Gasteiger partial charge in [-0.15, -0.1) is 0 Å². The third-order valence-electron chi connectivity index (χ3n) is 3.41. The number of rotatable bonds is 8. The molecule has 0 heterocycles. The van der Waals surface area contributed by atoms with E-state index in [-0.39, 0.29) is 17.9 Å². The van der Waals surface area contributed by atoms with E-state index in [0.717, 1.165) is 11.0 Å². The fourth-order valence-corrected chi connectivity index (χ4v) is 3.00. The molecule has 0 aliphatic rings. The van der Waals surface area contributed by atoms with Crippen LogP contribution in [-0.4, -0.2) is 21.0 Å². The molecule has 0 atom stereocenters. The maximum Gasteiger partial charge on any atom is 0.350 e. The molecule has 8 heteroatoms. The Labute approximate surface area is 164 Å². The first-order chi connectivity index (χ1) is 13.4. The van der Waals surface area contributed by atoms with Crippen molar-refractivity contribution in [2.24, 2.45) is 0 Å². The zero-order valence-electron chi connectivity index (χ0n) is 15.1. The summed E-state index contributed by atoms with van der Waals surface area (Å²) in [6.45, 7) is 1.77. The number of nitrogens with one attached hydrogen (secondary N) is 2. The van der Waals surface area contributed by atoms with Crippen molar-refractivity contribution in [1.29, 1.82) is 5.26 Å². The van der Waals surface area contributed by atoms with E-state index in [1.165, 1.54) is 12.3 Å². The van der Waals surface area contributed by atoms with Gasteiger partial charge in [0, 0.05) is 6.20 Å². The summed E-state index contributed by atoms with van der Waals surface area (Å²) in [5.41, 5.74) is 1.15. The monoisotopic (exact) mass is 397 g/mol. The van der Waals surface area contributed by atoms with Gasteiger partial charge >= 0.3 is 5.97 Å². The molecule has 2 N–H and O–H groups in total. The van der Waals surface area contributed by atoms with Crippen LogP contribution in [0.4, 0.5) is 11.4 Å². The Balaban J connectivity index is 2.18. The highest BCUT2D eigenvalue weighted by Gasteiger charge is 2.12. The summed E-state index contributed by atoms with van der Waals surface area (Å²) in [5.74, 6) is -0.763. The molecule has 0 aliphatic heterocycles. The second-order valence-electron chi connectivity index (χ2n) is 5.44. The van der Waals surface area contributed by atoms with Crippen molar-refractivity contribution in [2.75, 3.05) is 16.6 Å². The predicted molar refractivity (Wildman–Crippen MR) is 108 cm³/mol. The second kappa shape index (κ2) is 9.94. The molecule has 28 heavy (non-hydrogen) atoms.